The molecule has 0 aromatic carbocycles. The zero-order valence-corrected chi connectivity index (χ0v) is 11.2. The van der Waals surface area contributed by atoms with Crippen LogP contribution in [-0.4, -0.2) is 46.3 Å². The fraction of sp³-hybridized carbons (Fsp3) is 0.692. The summed E-state index contributed by atoms with van der Waals surface area (Å²) in [7, 11) is 1.89. The molecule has 5 heteroatoms. The van der Waals surface area contributed by atoms with Crippen molar-refractivity contribution in [3.05, 3.63) is 17.0 Å². The normalized spacial score (nSPS) is 26.7. The number of aromatic nitrogens is 2. The number of likely N-dealkylation sites (tertiary alicyclic amines) is 1. The van der Waals surface area contributed by atoms with Gasteiger partial charge in [-0.2, -0.15) is 5.10 Å². The maximum absolute atomic E-state index is 12.7. The highest BCUT2D eigenvalue weighted by Gasteiger charge is 2.41. The predicted molar refractivity (Wildman–Crippen MR) is 68.5 cm³/mol. The van der Waals surface area contributed by atoms with Gasteiger partial charge < -0.3 is 10.2 Å². The first-order valence-electron chi connectivity index (χ1n) is 6.61. The average Bonchev–Trinajstić information content (AvgIpc) is 2.94. The molecule has 2 aliphatic heterocycles. The molecule has 0 aliphatic carbocycles. The van der Waals surface area contributed by atoms with E-state index in [0.717, 1.165) is 43.0 Å². The van der Waals surface area contributed by atoms with E-state index in [0.29, 0.717) is 12.0 Å². The van der Waals surface area contributed by atoms with E-state index in [9.17, 15) is 4.79 Å². The molecule has 3 rings (SSSR count). The number of hydrogen-bond acceptors (Lipinski definition) is 3. The van der Waals surface area contributed by atoms with Crippen LogP contribution < -0.4 is 5.32 Å². The number of amides is 1. The molecule has 1 aromatic rings. The molecule has 1 N–H and O–H groups in total. The average molecular weight is 248 g/mol. The van der Waals surface area contributed by atoms with Gasteiger partial charge in [0, 0.05) is 38.4 Å². The van der Waals surface area contributed by atoms with Gasteiger partial charge in [-0.1, -0.05) is 0 Å². The maximum atomic E-state index is 12.7. The molecule has 0 bridgehead atoms. The molecule has 5 nitrogen and oxygen atoms in total. The zero-order valence-electron chi connectivity index (χ0n) is 11.2. The zero-order chi connectivity index (χ0) is 12.9. The summed E-state index contributed by atoms with van der Waals surface area (Å²) in [6, 6.07) is 0.386. The van der Waals surface area contributed by atoms with Gasteiger partial charge in [0.15, 0.2) is 0 Å². The van der Waals surface area contributed by atoms with E-state index in [1.54, 1.807) is 4.68 Å². The van der Waals surface area contributed by atoms with E-state index < -0.39 is 0 Å². The first-order valence-corrected chi connectivity index (χ1v) is 6.61. The summed E-state index contributed by atoms with van der Waals surface area (Å²) < 4.78 is 1.79. The van der Waals surface area contributed by atoms with Crippen LogP contribution in [0.1, 0.15) is 28.2 Å². The molecule has 2 aliphatic rings. The number of nitrogens with zero attached hydrogens (tertiary/aromatic N) is 3. The van der Waals surface area contributed by atoms with Crippen molar-refractivity contribution in [1.82, 2.24) is 20.0 Å². The minimum atomic E-state index is 0.161. The number of aryl methyl sites for hydroxylation is 2. The minimum absolute atomic E-state index is 0.161. The van der Waals surface area contributed by atoms with Gasteiger partial charge in [-0.25, -0.2) is 0 Å². The second kappa shape index (κ2) is 4.09. The van der Waals surface area contributed by atoms with Crippen LogP contribution in [0.4, 0.5) is 0 Å². The Balaban J connectivity index is 1.91. The third-order valence-corrected chi connectivity index (χ3v) is 4.43. The summed E-state index contributed by atoms with van der Waals surface area (Å²) in [5.41, 5.74) is 2.60. The van der Waals surface area contributed by atoms with Crippen molar-refractivity contribution in [2.75, 3.05) is 19.6 Å². The Morgan fingerprint density at radius 3 is 2.83 bits per heavy atom. The highest BCUT2D eigenvalue weighted by molar-refractivity contribution is 5.96. The highest BCUT2D eigenvalue weighted by atomic mass is 16.2. The summed E-state index contributed by atoms with van der Waals surface area (Å²) in [5, 5.41) is 7.72. The van der Waals surface area contributed by atoms with Crippen molar-refractivity contribution in [3.8, 4) is 0 Å². The van der Waals surface area contributed by atoms with Gasteiger partial charge >= 0.3 is 0 Å². The van der Waals surface area contributed by atoms with Gasteiger partial charge in [0.05, 0.1) is 11.3 Å². The molecule has 0 saturated carbocycles. The molecule has 2 atom stereocenters. The Bertz CT molecular complexity index is 493. The minimum Gasteiger partial charge on any atom is -0.334 e. The van der Waals surface area contributed by atoms with Gasteiger partial charge in [-0.3, -0.25) is 9.48 Å². The SMILES string of the molecule is Cc1nn(C)c(C)c1C(=O)N1CC[C@@H]2CNC[C@@H]21. The van der Waals surface area contributed by atoms with E-state index in [1.807, 2.05) is 25.8 Å². The fourth-order valence-electron chi connectivity index (χ4n) is 3.33. The Kier molecular flexibility index (Phi) is 2.66. The lowest BCUT2D eigenvalue weighted by Gasteiger charge is -2.23. The second-order valence-electron chi connectivity index (χ2n) is 5.44. The molecule has 3 heterocycles. The number of nitrogens with one attached hydrogen (secondary N) is 1. The number of hydrogen-bond donors (Lipinski definition) is 1. The lowest BCUT2D eigenvalue weighted by Crippen LogP contribution is -2.39. The molecule has 0 unspecified atom stereocenters. The predicted octanol–water partition coefficient (Wildman–Crippen LogP) is 0.471. The molecule has 2 saturated heterocycles. The summed E-state index contributed by atoms with van der Waals surface area (Å²) in [6.07, 6.45) is 1.13. The quantitative estimate of drug-likeness (QED) is 0.786. The molecule has 0 spiro atoms. The third-order valence-electron chi connectivity index (χ3n) is 4.43. The third kappa shape index (κ3) is 1.57. The van der Waals surface area contributed by atoms with Gasteiger partial charge in [-0.05, 0) is 26.2 Å². The summed E-state index contributed by atoms with van der Waals surface area (Å²) >= 11 is 0. The summed E-state index contributed by atoms with van der Waals surface area (Å²) in [6.45, 7) is 6.77. The lowest BCUT2D eigenvalue weighted by molar-refractivity contribution is 0.0735. The van der Waals surface area contributed by atoms with Gasteiger partial charge in [0.1, 0.15) is 0 Å². The second-order valence-corrected chi connectivity index (χ2v) is 5.44. The Morgan fingerprint density at radius 1 is 1.39 bits per heavy atom. The van der Waals surface area contributed by atoms with Crippen LogP contribution in [0.25, 0.3) is 0 Å². The van der Waals surface area contributed by atoms with E-state index in [2.05, 4.69) is 10.4 Å². The van der Waals surface area contributed by atoms with Crippen molar-refractivity contribution < 1.29 is 4.79 Å². The van der Waals surface area contributed by atoms with Crippen molar-refractivity contribution in [1.29, 1.82) is 0 Å². The first kappa shape index (κ1) is 11.7. The molecule has 2 fully saturated rings. The monoisotopic (exact) mass is 248 g/mol. The standard InChI is InChI=1S/C13H20N4O/c1-8-12(9(2)16(3)15-8)13(18)17-5-4-10-6-14-7-11(10)17/h10-11,14H,4-7H2,1-3H3/t10-,11+/m1/s1. The van der Waals surface area contributed by atoms with Crippen LogP contribution in [0.2, 0.25) is 0 Å². The molecule has 18 heavy (non-hydrogen) atoms. The molecular formula is C13H20N4O. The van der Waals surface area contributed by atoms with Crippen LogP contribution in [0.15, 0.2) is 0 Å². The Labute approximate surface area is 107 Å². The van der Waals surface area contributed by atoms with Crippen LogP contribution >= 0.6 is 0 Å². The molecule has 0 radical (unpaired) electrons. The number of fused-ring (bicyclic) bond motifs is 1. The van der Waals surface area contributed by atoms with Gasteiger partial charge in [0.25, 0.3) is 5.91 Å². The van der Waals surface area contributed by atoms with E-state index in [1.165, 1.54) is 0 Å². The van der Waals surface area contributed by atoms with E-state index in [4.69, 9.17) is 0 Å². The van der Waals surface area contributed by atoms with Gasteiger partial charge in [-0.15, -0.1) is 0 Å². The molecule has 98 valence electrons. The lowest BCUT2D eigenvalue weighted by atomic mass is 10.0. The van der Waals surface area contributed by atoms with E-state index >= 15 is 0 Å². The van der Waals surface area contributed by atoms with Gasteiger partial charge in [0.2, 0.25) is 0 Å². The van der Waals surface area contributed by atoms with Crippen LogP contribution in [-0.2, 0) is 7.05 Å². The van der Waals surface area contributed by atoms with Crippen LogP contribution in [0.5, 0.6) is 0 Å². The maximum Gasteiger partial charge on any atom is 0.257 e. The van der Waals surface area contributed by atoms with Crippen LogP contribution in [0, 0.1) is 19.8 Å². The Hall–Kier alpha value is -1.36. The van der Waals surface area contributed by atoms with Crippen molar-refractivity contribution >= 4 is 5.91 Å². The number of carbonyl (C=O) groups excluding carboxylic acids is 1. The van der Waals surface area contributed by atoms with Crippen molar-refractivity contribution in [2.24, 2.45) is 13.0 Å². The Morgan fingerprint density at radius 2 is 2.17 bits per heavy atom. The smallest absolute Gasteiger partial charge is 0.257 e. The molecule has 1 aromatic heterocycles. The fourth-order valence-corrected chi connectivity index (χ4v) is 3.33. The molecular weight excluding hydrogens is 228 g/mol. The topological polar surface area (TPSA) is 50.2 Å². The molecule has 1 amide bonds. The van der Waals surface area contributed by atoms with Crippen molar-refractivity contribution in [2.45, 2.75) is 26.3 Å². The van der Waals surface area contributed by atoms with E-state index in [-0.39, 0.29) is 5.91 Å². The largest absolute Gasteiger partial charge is 0.334 e. The summed E-state index contributed by atoms with van der Waals surface area (Å²) in [4.78, 5) is 14.7. The van der Waals surface area contributed by atoms with Crippen LogP contribution in [0.3, 0.4) is 0 Å². The number of rotatable bonds is 1. The number of carbonyl (C=O) groups is 1. The highest BCUT2D eigenvalue weighted by Crippen LogP contribution is 2.29. The summed E-state index contributed by atoms with van der Waals surface area (Å²) in [5.74, 6) is 0.806. The van der Waals surface area contributed by atoms with Crippen molar-refractivity contribution in [3.63, 3.8) is 0 Å². The first-order chi connectivity index (χ1) is 8.59.